The normalized spacial score (nSPS) is 11.9. The molecule has 7 heteroatoms. The van der Waals surface area contributed by atoms with Crippen LogP contribution in [-0.2, 0) is 0 Å². The van der Waals surface area contributed by atoms with Gasteiger partial charge in [-0.15, -0.1) is 0 Å². The fourth-order valence-corrected chi connectivity index (χ4v) is 0.528. The SMILES string of the molecule is FC(F)(F)C=NNc1cnccn1. The largest absolute Gasteiger partial charge is 0.428 e. The number of anilines is 1. The Morgan fingerprint density at radius 2 is 2.15 bits per heavy atom. The van der Waals surface area contributed by atoms with Crippen molar-refractivity contribution in [3.05, 3.63) is 18.6 Å². The van der Waals surface area contributed by atoms with Crippen LogP contribution in [0.5, 0.6) is 0 Å². The maximum Gasteiger partial charge on any atom is 0.428 e. The number of halogens is 3. The lowest BCUT2D eigenvalue weighted by Gasteiger charge is -1.98. The van der Waals surface area contributed by atoms with Crippen LogP contribution in [0.3, 0.4) is 0 Å². The van der Waals surface area contributed by atoms with E-state index in [1.54, 1.807) is 0 Å². The smallest absolute Gasteiger partial charge is 0.260 e. The molecule has 0 spiro atoms. The molecule has 0 unspecified atom stereocenters. The molecule has 0 fully saturated rings. The molecule has 0 aliphatic rings. The van der Waals surface area contributed by atoms with Gasteiger partial charge in [-0.05, 0) is 0 Å². The van der Waals surface area contributed by atoms with Gasteiger partial charge in [0, 0.05) is 12.4 Å². The van der Waals surface area contributed by atoms with E-state index in [1.165, 1.54) is 18.6 Å². The van der Waals surface area contributed by atoms with Crippen molar-refractivity contribution >= 4 is 12.0 Å². The fraction of sp³-hybridized carbons (Fsp3) is 0.167. The summed E-state index contributed by atoms with van der Waals surface area (Å²) in [6.45, 7) is 0. The summed E-state index contributed by atoms with van der Waals surface area (Å²) in [4.78, 5) is 7.26. The third kappa shape index (κ3) is 4.04. The molecule has 0 saturated carbocycles. The molecule has 1 heterocycles. The zero-order chi connectivity index (χ0) is 9.73. The Morgan fingerprint density at radius 1 is 1.38 bits per heavy atom. The standard InChI is InChI=1S/C6H5F3N4/c7-6(8,9)4-12-13-5-3-10-1-2-11-5/h1-4H,(H,11,13). The van der Waals surface area contributed by atoms with E-state index >= 15 is 0 Å². The van der Waals surface area contributed by atoms with Crippen LogP contribution in [0.25, 0.3) is 0 Å². The van der Waals surface area contributed by atoms with E-state index in [0.717, 1.165) is 0 Å². The second kappa shape index (κ2) is 3.83. The monoisotopic (exact) mass is 190 g/mol. The molecule has 0 radical (unpaired) electrons. The van der Waals surface area contributed by atoms with Crippen LogP contribution in [0.1, 0.15) is 0 Å². The number of hydrogen-bond donors (Lipinski definition) is 1. The van der Waals surface area contributed by atoms with Gasteiger partial charge in [0.05, 0.1) is 6.20 Å². The van der Waals surface area contributed by atoms with Crippen molar-refractivity contribution in [2.45, 2.75) is 6.18 Å². The molecular weight excluding hydrogens is 185 g/mol. The molecule has 0 aliphatic carbocycles. The van der Waals surface area contributed by atoms with E-state index in [-0.39, 0.29) is 12.0 Å². The average Bonchev–Trinajstić information content (AvgIpc) is 2.04. The Bertz CT molecular complexity index is 282. The van der Waals surface area contributed by atoms with Gasteiger partial charge in [0.25, 0.3) is 0 Å². The molecule has 0 bridgehead atoms. The molecule has 4 nitrogen and oxygen atoms in total. The third-order valence-electron chi connectivity index (χ3n) is 0.953. The zero-order valence-electron chi connectivity index (χ0n) is 6.28. The van der Waals surface area contributed by atoms with Gasteiger partial charge in [-0.1, -0.05) is 0 Å². The molecule has 70 valence electrons. The predicted molar refractivity (Wildman–Crippen MR) is 40.2 cm³/mol. The van der Waals surface area contributed by atoms with Crippen LogP contribution in [0.15, 0.2) is 23.7 Å². The topological polar surface area (TPSA) is 50.2 Å². The second-order valence-corrected chi connectivity index (χ2v) is 2.00. The van der Waals surface area contributed by atoms with Gasteiger partial charge in [-0.2, -0.15) is 18.3 Å². The molecule has 0 aromatic carbocycles. The molecular formula is C6H5F3N4. The Hall–Kier alpha value is -1.66. The first-order chi connectivity index (χ1) is 6.08. The van der Waals surface area contributed by atoms with E-state index in [1.807, 2.05) is 0 Å². The van der Waals surface area contributed by atoms with Crippen molar-refractivity contribution in [2.24, 2.45) is 5.10 Å². The van der Waals surface area contributed by atoms with Crippen molar-refractivity contribution in [2.75, 3.05) is 5.43 Å². The van der Waals surface area contributed by atoms with Crippen LogP contribution in [-0.4, -0.2) is 22.4 Å². The highest BCUT2D eigenvalue weighted by Crippen LogP contribution is 2.10. The molecule has 1 rings (SSSR count). The van der Waals surface area contributed by atoms with Crippen LogP contribution in [0.4, 0.5) is 19.0 Å². The summed E-state index contributed by atoms with van der Waals surface area (Å²) in [5.74, 6) is 0.156. The van der Waals surface area contributed by atoms with E-state index in [0.29, 0.717) is 0 Å². The van der Waals surface area contributed by atoms with Gasteiger partial charge in [0.2, 0.25) is 0 Å². The van der Waals surface area contributed by atoms with Crippen LogP contribution >= 0.6 is 0 Å². The van der Waals surface area contributed by atoms with Crippen LogP contribution in [0.2, 0.25) is 0 Å². The lowest BCUT2D eigenvalue weighted by Crippen LogP contribution is -2.10. The minimum absolute atomic E-state index is 0.156. The average molecular weight is 190 g/mol. The molecule has 1 aromatic heterocycles. The van der Waals surface area contributed by atoms with Gasteiger partial charge >= 0.3 is 6.18 Å². The maximum absolute atomic E-state index is 11.5. The first-order valence-corrected chi connectivity index (χ1v) is 3.21. The van der Waals surface area contributed by atoms with Crippen molar-refractivity contribution in [3.8, 4) is 0 Å². The Balaban J connectivity index is 2.49. The first kappa shape index (κ1) is 9.43. The molecule has 0 amide bonds. The van der Waals surface area contributed by atoms with E-state index in [4.69, 9.17) is 0 Å². The molecule has 1 N–H and O–H groups in total. The number of nitrogens with zero attached hydrogens (tertiary/aromatic N) is 3. The second-order valence-electron chi connectivity index (χ2n) is 2.00. The van der Waals surface area contributed by atoms with Crippen molar-refractivity contribution in [1.29, 1.82) is 0 Å². The predicted octanol–water partition coefficient (Wildman–Crippen LogP) is 1.44. The van der Waals surface area contributed by atoms with E-state index < -0.39 is 6.18 Å². The highest BCUT2D eigenvalue weighted by atomic mass is 19.4. The summed E-state index contributed by atoms with van der Waals surface area (Å²) in [7, 11) is 0. The third-order valence-corrected chi connectivity index (χ3v) is 0.953. The lowest BCUT2D eigenvalue weighted by atomic mass is 10.7. The summed E-state index contributed by atoms with van der Waals surface area (Å²) in [5.41, 5.74) is 2.08. The number of hydrazone groups is 1. The quantitative estimate of drug-likeness (QED) is 0.567. The lowest BCUT2D eigenvalue weighted by molar-refractivity contribution is -0.0536. The molecule has 13 heavy (non-hydrogen) atoms. The van der Waals surface area contributed by atoms with Gasteiger partial charge in [-0.25, -0.2) is 4.98 Å². The van der Waals surface area contributed by atoms with Crippen molar-refractivity contribution in [1.82, 2.24) is 9.97 Å². The highest BCUT2D eigenvalue weighted by Gasteiger charge is 2.23. The summed E-state index contributed by atoms with van der Waals surface area (Å²) < 4.78 is 34.6. The van der Waals surface area contributed by atoms with Crippen molar-refractivity contribution < 1.29 is 13.2 Å². The molecule has 1 aromatic rings. The fourth-order valence-electron chi connectivity index (χ4n) is 0.528. The maximum atomic E-state index is 11.5. The highest BCUT2D eigenvalue weighted by molar-refractivity contribution is 5.64. The Morgan fingerprint density at radius 3 is 2.69 bits per heavy atom. The van der Waals surface area contributed by atoms with Gasteiger partial charge in [-0.3, -0.25) is 10.4 Å². The number of nitrogens with one attached hydrogen (secondary N) is 1. The number of hydrogen-bond acceptors (Lipinski definition) is 4. The molecule has 0 atom stereocenters. The number of aromatic nitrogens is 2. The van der Waals surface area contributed by atoms with Gasteiger partial charge in [0.1, 0.15) is 6.21 Å². The summed E-state index contributed by atoms with van der Waals surface area (Å²) in [6.07, 6.45) is -0.589. The van der Waals surface area contributed by atoms with Crippen LogP contribution < -0.4 is 5.43 Å². The van der Waals surface area contributed by atoms with Crippen LogP contribution in [0, 0.1) is 0 Å². The molecule has 0 saturated heterocycles. The summed E-state index contributed by atoms with van der Waals surface area (Å²) in [5, 5.41) is 2.91. The minimum Gasteiger partial charge on any atom is -0.260 e. The molecule has 0 aliphatic heterocycles. The number of rotatable bonds is 2. The Labute approximate surface area is 71.5 Å². The Kier molecular flexibility index (Phi) is 2.78. The van der Waals surface area contributed by atoms with Gasteiger partial charge < -0.3 is 0 Å². The van der Waals surface area contributed by atoms with E-state index in [2.05, 4.69) is 20.5 Å². The minimum atomic E-state index is -4.42. The first-order valence-electron chi connectivity index (χ1n) is 3.21. The van der Waals surface area contributed by atoms with Crippen molar-refractivity contribution in [3.63, 3.8) is 0 Å². The number of alkyl halides is 3. The van der Waals surface area contributed by atoms with E-state index in [9.17, 15) is 13.2 Å². The zero-order valence-corrected chi connectivity index (χ0v) is 6.28. The van der Waals surface area contributed by atoms with Gasteiger partial charge in [0.15, 0.2) is 5.82 Å². The summed E-state index contributed by atoms with van der Waals surface area (Å²) >= 11 is 0. The summed E-state index contributed by atoms with van der Waals surface area (Å²) in [6, 6.07) is 0.